The summed E-state index contributed by atoms with van der Waals surface area (Å²) in [5.41, 5.74) is 2.92. The van der Waals surface area contributed by atoms with Crippen LogP contribution in [-0.2, 0) is 10.3 Å². The van der Waals surface area contributed by atoms with E-state index in [9.17, 15) is 14.0 Å². The highest BCUT2D eigenvalue weighted by Gasteiger charge is 2.27. The number of carbonyl (C=O) groups excluding carboxylic acids is 2. The van der Waals surface area contributed by atoms with Crippen LogP contribution in [-0.4, -0.2) is 50.8 Å². The monoisotopic (exact) mass is 620 g/mol. The fourth-order valence-electron chi connectivity index (χ4n) is 4.63. The number of piperidine rings is 1. The molecule has 3 amide bonds. The molecule has 10 nitrogen and oxygen atoms in total. The molecule has 2 aromatic heterocycles. The van der Waals surface area contributed by atoms with Crippen molar-refractivity contribution in [3.63, 3.8) is 0 Å². The minimum Gasteiger partial charge on any atom is -0.338 e. The standard InChI is InChI=1S/C32H34ClFN6O4/c1-20-9-11-22(12-10-20)40-28(18-27(38-40)32(2,3)4)37-31(42)36-21-17-25(33)29(35-19-21)44-43-23-13-15-39(16-14-23)30(41)24-7-5-6-8-26(24)34/h5-12,17-19,23H,13-16H2,1-4H3,(H2,36,37,42). The Morgan fingerprint density at radius 1 is 1.02 bits per heavy atom. The number of aryl methyl sites for hydroxylation is 1. The van der Waals surface area contributed by atoms with Crippen molar-refractivity contribution in [2.24, 2.45) is 0 Å². The van der Waals surface area contributed by atoms with E-state index in [0.717, 1.165) is 16.9 Å². The van der Waals surface area contributed by atoms with Gasteiger partial charge >= 0.3 is 6.03 Å². The lowest BCUT2D eigenvalue weighted by atomic mass is 9.92. The maximum Gasteiger partial charge on any atom is 0.324 e. The van der Waals surface area contributed by atoms with E-state index >= 15 is 0 Å². The summed E-state index contributed by atoms with van der Waals surface area (Å²) in [7, 11) is 0. The smallest absolute Gasteiger partial charge is 0.324 e. The zero-order valence-electron chi connectivity index (χ0n) is 24.9. The summed E-state index contributed by atoms with van der Waals surface area (Å²) in [5.74, 6) is -0.354. The van der Waals surface area contributed by atoms with E-state index in [1.807, 2.05) is 37.3 Å². The molecule has 2 N–H and O–H groups in total. The number of halogens is 2. The first-order chi connectivity index (χ1) is 21.0. The summed E-state index contributed by atoms with van der Waals surface area (Å²) >= 11 is 6.37. The molecule has 0 radical (unpaired) electrons. The van der Waals surface area contributed by atoms with Crippen LogP contribution in [0.4, 0.5) is 20.7 Å². The molecule has 0 atom stereocenters. The van der Waals surface area contributed by atoms with Gasteiger partial charge in [-0.15, -0.1) is 0 Å². The average Bonchev–Trinajstić information content (AvgIpc) is 3.41. The molecule has 230 valence electrons. The van der Waals surface area contributed by atoms with Crippen molar-refractivity contribution in [2.75, 3.05) is 23.7 Å². The third kappa shape index (κ3) is 7.35. The van der Waals surface area contributed by atoms with Crippen LogP contribution in [0.5, 0.6) is 5.88 Å². The minimum absolute atomic E-state index is 0.0368. The molecule has 2 aromatic carbocycles. The van der Waals surface area contributed by atoms with Crippen molar-refractivity contribution >= 4 is 35.0 Å². The van der Waals surface area contributed by atoms with E-state index in [4.69, 9.17) is 26.5 Å². The SMILES string of the molecule is Cc1ccc(-n2nc(C(C)(C)C)cc2NC(=O)Nc2cnc(OOC3CCN(C(=O)c4ccccc4F)CC3)c(Cl)c2)cc1. The molecular weight excluding hydrogens is 587 g/mol. The fraction of sp³-hybridized carbons (Fsp3) is 0.312. The van der Waals surface area contributed by atoms with Crippen LogP contribution in [0.2, 0.25) is 5.02 Å². The van der Waals surface area contributed by atoms with Gasteiger partial charge in [-0.3, -0.25) is 10.1 Å². The van der Waals surface area contributed by atoms with Crippen molar-refractivity contribution in [2.45, 2.75) is 52.1 Å². The largest absolute Gasteiger partial charge is 0.338 e. The number of aromatic nitrogens is 3. The summed E-state index contributed by atoms with van der Waals surface area (Å²) in [5, 5.41) is 10.5. The first kappa shape index (κ1) is 31.0. The van der Waals surface area contributed by atoms with Crippen LogP contribution >= 0.6 is 11.6 Å². The van der Waals surface area contributed by atoms with Gasteiger partial charge in [0.15, 0.2) is 0 Å². The third-order valence-corrected chi connectivity index (χ3v) is 7.43. The second kappa shape index (κ2) is 13.0. The Morgan fingerprint density at radius 2 is 1.73 bits per heavy atom. The number of benzene rings is 2. The molecule has 1 fully saturated rings. The number of nitrogens with zero attached hydrogens (tertiary/aromatic N) is 4. The Labute approximate surface area is 260 Å². The van der Waals surface area contributed by atoms with Crippen LogP contribution in [0, 0.1) is 12.7 Å². The Morgan fingerprint density at radius 3 is 2.39 bits per heavy atom. The number of rotatable bonds is 7. The van der Waals surface area contributed by atoms with Gasteiger partial charge in [0.25, 0.3) is 11.8 Å². The van der Waals surface area contributed by atoms with Gasteiger partial charge in [-0.25, -0.2) is 18.9 Å². The molecule has 1 saturated heterocycles. The van der Waals surface area contributed by atoms with E-state index < -0.39 is 11.8 Å². The average molecular weight is 621 g/mol. The predicted octanol–water partition coefficient (Wildman–Crippen LogP) is 6.92. The highest BCUT2D eigenvalue weighted by molar-refractivity contribution is 6.32. The molecule has 5 rings (SSSR count). The number of hydrogen-bond acceptors (Lipinski definition) is 6. The lowest BCUT2D eigenvalue weighted by molar-refractivity contribution is -0.254. The van der Waals surface area contributed by atoms with Crippen LogP contribution in [0.1, 0.15) is 55.2 Å². The van der Waals surface area contributed by atoms with Crippen LogP contribution in [0.25, 0.3) is 5.69 Å². The second-order valence-electron chi connectivity index (χ2n) is 11.7. The molecule has 4 aromatic rings. The summed E-state index contributed by atoms with van der Waals surface area (Å²) in [6.07, 6.45) is 2.08. The van der Waals surface area contributed by atoms with Gasteiger partial charge in [-0.1, -0.05) is 62.2 Å². The Hall–Kier alpha value is -4.48. The van der Waals surface area contributed by atoms with Crippen LogP contribution in [0.15, 0.2) is 66.9 Å². The molecule has 1 aliphatic rings. The van der Waals surface area contributed by atoms with E-state index in [0.29, 0.717) is 37.4 Å². The maximum absolute atomic E-state index is 14.0. The molecule has 0 spiro atoms. The molecule has 0 saturated carbocycles. The Kier molecular flexibility index (Phi) is 9.17. The summed E-state index contributed by atoms with van der Waals surface area (Å²) in [4.78, 5) is 42.3. The van der Waals surface area contributed by atoms with Gasteiger partial charge in [0.1, 0.15) is 22.8 Å². The van der Waals surface area contributed by atoms with E-state index in [2.05, 4.69) is 36.4 Å². The number of likely N-dealkylation sites (tertiary alicyclic amines) is 1. The van der Waals surface area contributed by atoms with Gasteiger partial charge in [-0.05, 0) is 50.1 Å². The van der Waals surface area contributed by atoms with Crippen molar-refractivity contribution in [3.8, 4) is 11.6 Å². The van der Waals surface area contributed by atoms with Crippen LogP contribution < -0.4 is 15.5 Å². The molecule has 3 heterocycles. The van der Waals surface area contributed by atoms with E-state index in [-0.39, 0.29) is 33.9 Å². The lowest BCUT2D eigenvalue weighted by Crippen LogP contribution is -2.41. The first-order valence-corrected chi connectivity index (χ1v) is 14.6. The molecule has 1 aliphatic heterocycles. The predicted molar refractivity (Wildman–Crippen MR) is 166 cm³/mol. The first-order valence-electron chi connectivity index (χ1n) is 14.3. The number of nitrogens with one attached hydrogen (secondary N) is 2. The number of anilines is 2. The third-order valence-electron chi connectivity index (χ3n) is 7.16. The zero-order chi connectivity index (χ0) is 31.4. The van der Waals surface area contributed by atoms with Gasteiger partial charge in [0.05, 0.1) is 28.8 Å². The summed E-state index contributed by atoms with van der Waals surface area (Å²) in [6.45, 7) is 8.94. The zero-order valence-corrected chi connectivity index (χ0v) is 25.7. The number of amides is 3. The minimum atomic E-state index is -0.543. The fourth-order valence-corrected chi connectivity index (χ4v) is 4.82. The molecular formula is C32H34ClFN6O4. The number of hydrogen-bond donors (Lipinski definition) is 2. The Balaban J connectivity index is 1.16. The molecule has 12 heteroatoms. The van der Waals surface area contributed by atoms with Gasteiger partial charge in [0.2, 0.25) is 0 Å². The maximum atomic E-state index is 14.0. The number of pyridine rings is 1. The summed E-state index contributed by atoms with van der Waals surface area (Å²) in [6, 6.07) is 16.6. The molecule has 44 heavy (non-hydrogen) atoms. The normalized spacial score (nSPS) is 13.9. The van der Waals surface area contributed by atoms with Crippen LogP contribution in [0.3, 0.4) is 0 Å². The van der Waals surface area contributed by atoms with E-state index in [1.54, 1.807) is 21.7 Å². The Bertz CT molecular complexity index is 1650. The topological polar surface area (TPSA) is 111 Å². The lowest BCUT2D eigenvalue weighted by Gasteiger charge is -2.31. The van der Waals surface area contributed by atoms with Crippen molar-refractivity contribution in [3.05, 3.63) is 94.5 Å². The highest BCUT2D eigenvalue weighted by Crippen LogP contribution is 2.28. The van der Waals surface area contributed by atoms with Crippen molar-refractivity contribution < 1.29 is 23.8 Å². The summed E-state index contributed by atoms with van der Waals surface area (Å²) < 4.78 is 15.7. The van der Waals surface area contributed by atoms with E-state index in [1.165, 1.54) is 24.4 Å². The van der Waals surface area contributed by atoms with Crippen molar-refractivity contribution in [1.82, 2.24) is 19.7 Å². The molecule has 0 unspecified atom stereocenters. The quantitative estimate of drug-likeness (QED) is 0.171. The molecule has 0 bridgehead atoms. The number of urea groups is 1. The second-order valence-corrected chi connectivity index (χ2v) is 12.1. The molecule has 0 aliphatic carbocycles. The van der Waals surface area contributed by atoms with Crippen molar-refractivity contribution in [1.29, 1.82) is 0 Å². The van der Waals surface area contributed by atoms with Gasteiger partial charge < -0.3 is 15.1 Å². The number of carbonyl (C=O) groups is 2. The van der Waals surface area contributed by atoms with Gasteiger partial charge in [0, 0.05) is 24.6 Å². The highest BCUT2D eigenvalue weighted by atomic mass is 35.5. The van der Waals surface area contributed by atoms with Gasteiger partial charge in [-0.2, -0.15) is 9.99 Å².